The van der Waals surface area contributed by atoms with Crippen molar-refractivity contribution in [2.45, 2.75) is 46.1 Å². The first-order valence-electron chi connectivity index (χ1n) is 6.12. The number of nitriles is 1. The first kappa shape index (κ1) is 12.8. The molecule has 0 aromatic heterocycles. The topological polar surface area (TPSA) is 50.1 Å². The van der Waals surface area contributed by atoms with Gasteiger partial charge in [0, 0.05) is 5.41 Å². The highest BCUT2D eigenvalue weighted by Gasteiger charge is 2.62. The summed E-state index contributed by atoms with van der Waals surface area (Å²) >= 11 is 0.949. The minimum absolute atomic E-state index is 0.0445. The van der Waals surface area contributed by atoms with Crippen LogP contribution in [0.25, 0.3) is 0 Å². The van der Waals surface area contributed by atoms with Gasteiger partial charge < -0.3 is 4.74 Å². The molecule has 17 heavy (non-hydrogen) atoms. The van der Waals surface area contributed by atoms with Gasteiger partial charge in [-0.15, -0.1) is 0 Å². The molecule has 4 heteroatoms. The van der Waals surface area contributed by atoms with Crippen LogP contribution in [0.5, 0.6) is 0 Å². The van der Waals surface area contributed by atoms with Gasteiger partial charge in [0.25, 0.3) is 0 Å². The summed E-state index contributed by atoms with van der Waals surface area (Å²) in [6, 6.07) is 0. The van der Waals surface area contributed by atoms with Crippen molar-refractivity contribution in [1.29, 1.82) is 5.26 Å². The summed E-state index contributed by atoms with van der Waals surface area (Å²) < 4.78 is 5.58. The zero-order valence-electron chi connectivity index (χ0n) is 10.7. The minimum atomic E-state index is -0.244. The first-order valence-corrected chi connectivity index (χ1v) is 7.11. The van der Waals surface area contributed by atoms with Gasteiger partial charge in [-0.3, -0.25) is 4.79 Å². The monoisotopic (exact) mass is 253 g/mol. The molecular weight excluding hydrogens is 234 g/mol. The maximum atomic E-state index is 11.6. The molecule has 2 rings (SSSR count). The van der Waals surface area contributed by atoms with Gasteiger partial charge in [-0.1, -0.05) is 20.8 Å². The lowest BCUT2D eigenvalue weighted by molar-refractivity contribution is -0.153. The molecule has 0 heterocycles. The Bertz CT molecular complexity index is 374. The predicted molar refractivity (Wildman–Crippen MR) is 67.2 cm³/mol. The Morgan fingerprint density at radius 2 is 2.24 bits per heavy atom. The van der Waals surface area contributed by atoms with Crippen LogP contribution in [0.15, 0.2) is 0 Å². The van der Waals surface area contributed by atoms with Crippen molar-refractivity contribution in [2.75, 3.05) is 5.75 Å². The molecule has 0 saturated heterocycles. The summed E-state index contributed by atoms with van der Waals surface area (Å²) in [5.41, 5.74) is 0.380. The van der Waals surface area contributed by atoms with E-state index in [1.807, 2.05) is 5.40 Å². The Balaban J connectivity index is 2.01. The van der Waals surface area contributed by atoms with Crippen LogP contribution in [0, 0.1) is 27.4 Å². The van der Waals surface area contributed by atoms with E-state index in [0.29, 0.717) is 5.92 Å². The molecule has 0 radical (unpaired) electrons. The number of thiocyanates is 1. The number of nitrogens with zero attached hydrogens (tertiary/aromatic N) is 1. The zero-order valence-corrected chi connectivity index (χ0v) is 11.5. The second-order valence-corrected chi connectivity index (χ2v) is 6.73. The van der Waals surface area contributed by atoms with E-state index in [4.69, 9.17) is 10.00 Å². The largest absolute Gasteiger partial charge is 0.461 e. The number of hydrogen-bond acceptors (Lipinski definition) is 4. The molecule has 3 atom stereocenters. The molecule has 2 unspecified atom stereocenters. The Kier molecular flexibility index (Phi) is 3.15. The van der Waals surface area contributed by atoms with Crippen molar-refractivity contribution in [1.82, 2.24) is 0 Å². The van der Waals surface area contributed by atoms with E-state index < -0.39 is 0 Å². The highest BCUT2D eigenvalue weighted by Crippen LogP contribution is 2.66. The smallest absolute Gasteiger partial charge is 0.317 e. The van der Waals surface area contributed by atoms with Gasteiger partial charge in [-0.25, -0.2) is 0 Å². The molecule has 0 amide bonds. The molecule has 0 aliphatic heterocycles. The van der Waals surface area contributed by atoms with Gasteiger partial charge in [0.1, 0.15) is 17.3 Å². The number of rotatable bonds is 3. The predicted octanol–water partition coefficient (Wildman–Crippen LogP) is 2.96. The first-order chi connectivity index (χ1) is 7.91. The van der Waals surface area contributed by atoms with Crippen molar-refractivity contribution in [3.8, 4) is 5.40 Å². The Morgan fingerprint density at radius 1 is 1.53 bits per heavy atom. The molecule has 2 saturated carbocycles. The average Bonchev–Trinajstić information content (AvgIpc) is 2.59. The molecular formula is C13H19NO2S. The Hall–Kier alpha value is -0.690. The number of hydrogen-bond donors (Lipinski definition) is 0. The summed E-state index contributed by atoms with van der Waals surface area (Å²) in [5, 5.41) is 10.3. The molecule has 2 fully saturated rings. The van der Waals surface area contributed by atoms with E-state index >= 15 is 0 Å². The SMILES string of the molecule is CC1(C)C2CCC1(C)[C@@H](OC(=O)CSC#N)C2. The molecule has 2 bridgehead atoms. The second-order valence-electron chi connectivity index (χ2n) is 5.97. The number of carbonyl (C=O) groups excluding carboxylic acids is 1. The quantitative estimate of drug-likeness (QED) is 0.573. The lowest BCUT2D eigenvalue weighted by Gasteiger charge is -2.38. The number of thioether (sulfide) groups is 1. The van der Waals surface area contributed by atoms with Gasteiger partial charge in [0.15, 0.2) is 0 Å². The molecule has 2 aliphatic carbocycles. The van der Waals surface area contributed by atoms with Gasteiger partial charge in [0.05, 0.1) is 0 Å². The van der Waals surface area contributed by atoms with Crippen LogP contribution in [-0.2, 0) is 9.53 Å². The van der Waals surface area contributed by atoms with Crippen molar-refractivity contribution >= 4 is 17.7 Å². The van der Waals surface area contributed by atoms with Gasteiger partial charge in [-0.2, -0.15) is 5.26 Å². The Labute approximate surface area is 107 Å². The lowest BCUT2D eigenvalue weighted by atomic mass is 9.70. The van der Waals surface area contributed by atoms with E-state index in [1.165, 1.54) is 6.42 Å². The maximum absolute atomic E-state index is 11.6. The van der Waals surface area contributed by atoms with Gasteiger partial charge in [0.2, 0.25) is 0 Å². The van der Waals surface area contributed by atoms with Crippen LogP contribution in [0.1, 0.15) is 40.0 Å². The van der Waals surface area contributed by atoms with Gasteiger partial charge in [-0.05, 0) is 42.4 Å². The third kappa shape index (κ3) is 1.85. The van der Waals surface area contributed by atoms with E-state index in [9.17, 15) is 4.79 Å². The fourth-order valence-corrected chi connectivity index (χ4v) is 3.84. The molecule has 3 nitrogen and oxygen atoms in total. The standard InChI is InChI=1S/C13H19NO2S/c1-12(2)9-4-5-13(12,3)10(6-9)16-11(15)7-17-8-14/h9-10H,4-7H2,1-3H3/t9?,10-,13?/m0/s1. The van der Waals surface area contributed by atoms with Crippen LogP contribution in [-0.4, -0.2) is 17.8 Å². The van der Waals surface area contributed by atoms with Gasteiger partial charge >= 0.3 is 5.97 Å². The molecule has 2 aliphatic rings. The molecule has 0 spiro atoms. The highest BCUT2D eigenvalue weighted by molar-refractivity contribution is 8.04. The Morgan fingerprint density at radius 3 is 2.71 bits per heavy atom. The normalized spacial score (nSPS) is 37.8. The summed E-state index contributed by atoms with van der Waals surface area (Å²) in [7, 11) is 0. The number of fused-ring (bicyclic) bond motifs is 2. The minimum Gasteiger partial charge on any atom is -0.461 e. The number of ether oxygens (including phenoxy) is 1. The van der Waals surface area contributed by atoms with Crippen LogP contribution in [0.3, 0.4) is 0 Å². The number of carbonyl (C=O) groups is 1. The van der Waals surface area contributed by atoms with Crippen molar-refractivity contribution in [3.05, 3.63) is 0 Å². The average molecular weight is 253 g/mol. The van der Waals surface area contributed by atoms with Crippen molar-refractivity contribution < 1.29 is 9.53 Å². The van der Waals surface area contributed by atoms with E-state index in [2.05, 4.69) is 20.8 Å². The fraction of sp³-hybridized carbons (Fsp3) is 0.846. The third-order valence-electron chi connectivity index (χ3n) is 5.24. The van der Waals surface area contributed by atoms with E-state index in [-0.39, 0.29) is 28.7 Å². The molecule has 0 N–H and O–H groups in total. The van der Waals surface area contributed by atoms with E-state index in [1.54, 1.807) is 0 Å². The summed E-state index contributed by atoms with van der Waals surface area (Å²) in [5.74, 6) is 0.578. The van der Waals surface area contributed by atoms with Crippen LogP contribution in [0.4, 0.5) is 0 Å². The zero-order chi connectivity index (χ0) is 12.7. The fourth-order valence-electron chi connectivity index (χ4n) is 3.59. The third-order valence-corrected chi connectivity index (χ3v) is 5.75. The van der Waals surface area contributed by atoms with Crippen molar-refractivity contribution in [2.24, 2.45) is 16.7 Å². The van der Waals surface area contributed by atoms with E-state index in [0.717, 1.165) is 24.6 Å². The summed E-state index contributed by atoms with van der Waals surface area (Å²) in [4.78, 5) is 11.6. The summed E-state index contributed by atoms with van der Waals surface area (Å²) in [6.45, 7) is 6.83. The second kappa shape index (κ2) is 4.20. The molecule has 94 valence electrons. The number of esters is 1. The molecule has 0 aromatic rings. The maximum Gasteiger partial charge on any atom is 0.317 e. The van der Waals surface area contributed by atoms with Crippen LogP contribution < -0.4 is 0 Å². The van der Waals surface area contributed by atoms with Crippen molar-refractivity contribution in [3.63, 3.8) is 0 Å². The van der Waals surface area contributed by atoms with Crippen LogP contribution in [0.2, 0.25) is 0 Å². The lowest BCUT2D eigenvalue weighted by Crippen LogP contribution is -2.38. The van der Waals surface area contributed by atoms with Crippen LogP contribution >= 0.6 is 11.8 Å². The molecule has 0 aromatic carbocycles. The summed E-state index contributed by atoms with van der Waals surface area (Å²) in [6.07, 6.45) is 3.44. The highest BCUT2D eigenvalue weighted by atomic mass is 32.2.